The van der Waals surface area contributed by atoms with Crippen LogP contribution in [-0.4, -0.2) is 31.0 Å². The number of hydrogen-bond donors (Lipinski definition) is 1. The van der Waals surface area contributed by atoms with Crippen molar-refractivity contribution in [2.24, 2.45) is 0 Å². The van der Waals surface area contributed by atoms with Crippen molar-refractivity contribution in [1.29, 1.82) is 0 Å². The molecule has 0 atom stereocenters. The Labute approximate surface area is 127 Å². The fourth-order valence-corrected chi connectivity index (χ4v) is 3.37. The highest BCUT2D eigenvalue weighted by molar-refractivity contribution is 7.91. The Morgan fingerprint density at radius 2 is 1.64 bits per heavy atom. The van der Waals surface area contributed by atoms with Crippen LogP contribution in [0.25, 0.3) is 0 Å². The summed E-state index contributed by atoms with van der Waals surface area (Å²) in [4.78, 5) is 24.5. The second-order valence-electron chi connectivity index (χ2n) is 4.75. The van der Waals surface area contributed by atoms with E-state index in [0.29, 0.717) is 9.87 Å². The molecule has 0 spiro atoms. The van der Waals surface area contributed by atoms with E-state index in [9.17, 15) is 18.0 Å². The van der Waals surface area contributed by atoms with Gasteiger partial charge in [-0.2, -0.15) is 8.42 Å². The minimum Gasteiger partial charge on any atom is -0.292 e. The Balaban J connectivity index is 1.94. The maximum Gasteiger partial charge on any atom is 0.326 e. The first-order valence-corrected chi connectivity index (χ1v) is 7.95. The molecule has 1 aliphatic heterocycles. The summed E-state index contributed by atoms with van der Waals surface area (Å²) in [6, 6.07) is 14.5. The number of ketones is 1. The van der Waals surface area contributed by atoms with Gasteiger partial charge in [-0.15, -0.1) is 0 Å². The van der Waals surface area contributed by atoms with E-state index in [1.54, 1.807) is 42.5 Å². The second-order valence-corrected chi connectivity index (χ2v) is 6.35. The molecule has 0 aromatic heterocycles. The molecule has 2 aromatic rings. The molecule has 0 saturated heterocycles. The fraction of sp³-hybridized carbons (Fsp3) is 0.0667. The smallest absolute Gasteiger partial charge is 0.292 e. The topological polar surface area (TPSA) is 83.6 Å². The molecular formula is C15H12N2O4S. The highest BCUT2D eigenvalue weighted by Crippen LogP contribution is 2.26. The monoisotopic (exact) mass is 316 g/mol. The Hall–Kier alpha value is -2.67. The summed E-state index contributed by atoms with van der Waals surface area (Å²) >= 11 is 0. The molecule has 1 amide bonds. The molecule has 112 valence electrons. The van der Waals surface area contributed by atoms with Gasteiger partial charge < -0.3 is 0 Å². The van der Waals surface area contributed by atoms with Gasteiger partial charge in [0.25, 0.3) is 5.91 Å². The summed E-state index contributed by atoms with van der Waals surface area (Å²) in [7, 11) is -4.08. The lowest BCUT2D eigenvalue weighted by Crippen LogP contribution is -2.47. The summed E-state index contributed by atoms with van der Waals surface area (Å²) < 4.78 is 27.2. The van der Waals surface area contributed by atoms with Crippen LogP contribution in [0.1, 0.15) is 20.7 Å². The Morgan fingerprint density at radius 1 is 1.00 bits per heavy atom. The molecule has 6 nitrogen and oxygen atoms in total. The normalized spacial score (nSPS) is 15.8. The summed E-state index contributed by atoms with van der Waals surface area (Å²) in [5.41, 5.74) is 0.790. The minimum atomic E-state index is -4.08. The predicted octanol–water partition coefficient (Wildman–Crippen LogP) is 1.68. The Kier molecular flexibility index (Phi) is 3.42. The highest BCUT2D eigenvalue weighted by atomic mass is 32.2. The molecule has 0 aliphatic carbocycles. The van der Waals surface area contributed by atoms with Crippen molar-refractivity contribution in [3.8, 4) is 0 Å². The molecule has 7 heteroatoms. The number of nitrogens with zero attached hydrogens (tertiary/aromatic N) is 1. The summed E-state index contributed by atoms with van der Waals surface area (Å²) in [6.07, 6.45) is 0. The van der Waals surface area contributed by atoms with Crippen molar-refractivity contribution < 1.29 is 18.0 Å². The van der Waals surface area contributed by atoms with Gasteiger partial charge in [0.15, 0.2) is 5.78 Å². The number of nitrogens with one attached hydrogen (secondary N) is 1. The van der Waals surface area contributed by atoms with Crippen LogP contribution in [0.4, 0.5) is 5.69 Å². The third-order valence-corrected chi connectivity index (χ3v) is 4.65. The van der Waals surface area contributed by atoms with Crippen LogP contribution >= 0.6 is 0 Å². The van der Waals surface area contributed by atoms with Crippen molar-refractivity contribution in [2.45, 2.75) is 0 Å². The zero-order valence-electron chi connectivity index (χ0n) is 11.4. The summed E-state index contributed by atoms with van der Waals surface area (Å²) in [5, 5.41) is 0. The van der Waals surface area contributed by atoms with Gasteiger partial charge in [0.05, 0.1) is 11.3 Å². The molecule has 1 aliphatic rings. The zero-order valence-corrected chi connectivity index (χ0v) is 12.2. The number of hydrogen-bond acceptors (Lipinski definition) is 4. The standard InChI is InChI=1S/C15H12N2O4S/c18-14(11-6-2-1-3-7-11)10-17-15(19)12-8-4-5-9-13(12)16-22(17,20)21/h1-9,16H,10H2. The number of carbonyl (C=O) groups excluding carboxylic acids is 2. The molecule has 0 unspecified atom stereocenters. The Bertz CT molecular complexity index is 847. The van der Waals surface area contributed by atoms with E-state index in [1.165, 1.54) is 12.1 Å². The number of Topliss-reactive ketones (excluding diaryl/α,β-unsaturated/α-hetero) is 1. The van der Waals surface area contributed by atoms with E-state index in [1.807, 2.05) is 0 Å². The number of fused-ring (bicyclic) bond motifs is 1. The van der Waals surface area contributed by atoms with Crippen LogP contribution in [0.3, 0.4) is 0 Å². The van der Waals surface area contributed by atoms with Crippen LogP contribution < -0.4 is 4.72 Å². The largest absolute Gasteiger partial charge is 0.326 e. The van der Waals surface area contributed by atoms with Gasteiger partial charge in [-0.25, -0.2) is 4.31 Å². The van der Waals surface area contributed by atoms with E-state index < -0.39 is 28.4 Å². The van der Waals surface area contributed by atoms with E-state index in [2.05, 4.69) is 4.72 Å². The first-order chi connectivity index (χ1) is 10.5. The van der Waals surface area contributed by atoms with Crippen LogP contribution in [0, 0.1) is 0 Å². The van der Waals surface area contributed by atoms with Gasteiger partial charge >= 0.3 is 10.2 Å². The van der Waals surface area contributed by atoms with Crippen molar-refractivity contribution in [2.75, 3.05) is 11.3 Å². The van der Waals surface area contributed by atoms with E-state index in [0.717, 1.165) is 0 Å². The quantitative estimate of drug-likeness (QED) is 0.873. The average molecular weight is 316 g/mol. The van der Waals surface area contributed by atoms with Crippen LogP contribution in [-0.2, 0) is 10.2 Å². The summed E-state index contributed by atoms with van der Waals surface area (Å²) in [6.45, 7) is -0.535. The van der Waals surface area contributed by atoms with Crippen molar-refractivity contribution in [3.05, 3.63) is 65.7 Å². The van der Waals surface area contributed by atoms with Gasteiger partial charge in [-0.3, -0.25) is 14.3 Å². The zero-order chi connectivity index (χ0) is 15.7. The van der Waals surface area contributed by atoms with Crippen LogP contribution in [0.15, 0.2) is 54.6 Å². The Morgan fingerprint density at radius 3 is 2.36 bits per heavy atom. The minimum absolute atomic E-state index is 0.218. The van der Waals surface area contributed by atoms with E-state index in [4.69, 9.17) is 0 Å². The molecule has 0 fully saturated rings. The lowest BCUT2D eigenvalue weighted by atomic mass is 10.1. The maximum atomic E-state index is 12.4. The van der Waals surface area contributed by atoms with Gasteiger partial charge in [-0.05, 0) is 12.1 Å². The highest BCUT2D eigenvalue weighted by Gasteiger charge is 2.36. The molecule has 22 heavy (non-hydrogen) atoms. The number of rotatable bonds is 3. The molecule has 3 rings (SSSR count). The molecule has 1 N–H and O–H groups in total. The first kappa shape index (κ1) is 14.3. The SMILES string of the molecule is O=C(CN1C(=O)c2ccccc2NS1(=O)=O)c1ccccc1. The van der Waals surface area contributed by atoms with Crippen LogP contribution in [0.5, 0.6) is 0 Å². The van der Waals surface area contributed by atoms with Crippen molar-refractivity contribution in [1.82, 2.24) is 4.31 Å². The molecule has 0 bridgehead atoms. The van der Waals surface area contributed by atoms with E-state index >= 15 is 0 Å². The lowest BCUT2D eigenvalue weighted by Gasteiger charge is -2.28. The van der Waals surface area contributed by atoms with E-state index in [-0.39, 0.29) is 11.3 Å². The van der Waals surface area contributed by atoms with Gasteiger partial charge in [-0.1, -0.05) is 42.5 Å². The summed E-state index contributed by atoms with van der Waals surface area (Å²) in [5.74, 6) is -1.16. The predicted molar refractivity (Wildman–Crippen MR) is 80.8 cm³/mol. The fourth-order valence-electron chi connectivity index (χ4n) is 2.20. The first-order valence-electron chi connectivity index (χ1n) is 6.51. The molecule has 1 heterocycles. The molecule has 2 aromatic carbocycles. The van der Waals surface area contributed by atoms with Crippen molar-refractivity contribution >= 4 is 27.6 Å². The van der Waals surface area contributed by atoms with Crippen LogP contribution in [0.2, 0.25) is 0 Å². The van der Waals surface area contributed by atoms with Crippen molar-refractivity contribution in [3.63, 3.8) is 0 Å². The maximum absolute atomic E-state index is 12.4. The second kappa shape index (κ2) is 5.27. The number of para-hydroxylation sites is 1. The van der Waals surface area contributed by atoms with Gasteiger partial charge in [0, 0.05) is 5.56 Å². The number of amides is 1. The van der Waals surface area contributed by atoms with Gasteiger partial charge in [0.2, 0.25) is 0 Å². The molecule has 0 saturated carbocycles. The molecular weight excluding hydrogens is 304 g/mol. The molecule has 0 radical (unpaired) electrons. The number of anilines is 1. The third kappa shape index (κ3) is 2.46. The third-order valence-electron chi connectivity index (χ3n) is 3.30. The average Bonchev–Trinajstić information content (AvgIpc) is 2.51. The van der Waals surface area contributed by atoms with Gasteiger partial charge in [0.1, 0.15) is 6.54 Å². The lowest BCUT2D eigenvalue weighted by molar-refractivity contribution is 0.0810. The number of benzene rings is 2. The number of carbonyl (C=O) groups is 2.